The Morgan fingerprint density at radius 3 is 2.62 bits per heavy atom. The molecule has 0 amide bonds. The summed E-state index contributed by atoms with van der Waals surface area (Å²) in [5, 5.41) is 9.68. The molecule has 0 saturated heterocycles. The number of hydrogen-bond donors (Lipinski definition) is 1. The lowest BCUT2D eigenvalue weighted by molar-refractivity contribution is -0.105. The monoisotopic (exact) mass is 182 g/mol. The maximum absolute atomic E-state index is 10.7. The summed E-state index contributed by atoms with van der Waals surface area (Å²) in [6.45, 7) is 6.13. The fourth-order valence-electron chi connectivity index (χ4n) is 1.85. The molecule has 0 aliphatic heterocycles. The van der Waals surface area contributed by atoms with Crippen molar-refractivity contribution >= 4 is 6.29 Å². The maximum Gasteiger partial charge on any atom is 0.146 e. The zero-order chi connectivity index (χ0) is 10.0. The average molecular weight is 182 g/mol. The third kappa shape index (κ3) is 2.19. The van der Waals surface area contributed by atoms with Crippen LogP contribution in [0.25, 0.3) is 0 Å². The quantitative estimate of drug-likeness (QED) is 0.662. The van der Waals surface area contributed by atoms with Gasteiger partial charge in [-0.3, -0.25) is 4.79 Å². The molecule has 0 fully saturated rings. The molecule has 13 heavy (non-hydrogen) atoms. The Bertz CT molecular complexity index is 228. The van der Waals surface area contributed by atoms with Crippen LogP contribution in [-0.4, -0.2) is 17.5 Å². The number of allylic oxidation sites excluding steroid dienone is 1. The molecule has 0 heterocycles. The van der Waals surface area contributed by atoms with Crippen LogP contribution in [0.15, 0.2) is 11.1 Å². The molecule has 1 N–H and O–H groups in total. The molecule has 2 nitrogen and oxygen atoms in total. The van der Waals surface area contributed by atoms with Crippen molar-refractivity contribution in [1.29, 1.82) is 0 Å². The van der Waals surface area contributed by atoms with Crippen molar-refractivity contribution in [3.8, 4) is 0 Å². The molecule has 0 saturated carbocycles. The third-order valence-corrected chi connectivity index (χ3v) is 3.10. The summed E-state index contributed by atoms with van der Waals surface area (Å²) in [6, 6.07) is 0. The minimum Gasteiger partial charge on any atom is -0.389 e. The van der Waals surface area contributed by atoms with E-state index >= 15 is 0 Å². The first kappa shape index (κ1) is 10.5. The van der Waals surface area contributed by atoms with Crippen LogP contribution in [0.5, 0.6) is 0 Å². The zero-order valence-corrected chi connectivity index (χ0v) is 8.58. The predicted molar refractivity (Wildman–Crippen MR) is 52.3 cm³/mol. The molecule has 0 aromatic heterocycles. The van der Waals surface area contributed by atoms with E-state index in [9.17, 15) is 9.90 Å². The zero-order valence-electron chi connectivity index (χ0n) is 8.58. The van der Waals surface area contributed by atoms with E-state index in [1.54, 1.807) is 0 Å². The van der Waals surface area contributed by atoms with Crippen LogP contribution in [0, 0.1) is 11.8 Å². The van der Waals surface area contributed by atoms with Crippen molar-refractivity contribution in [2.75, 3.05) is 0 Å². The molecule has 0 aromatic carbocycles. The van der Waals surface area contributed by atoms with E-state index in [1.165, 1.54) is 0 Å². The second-order valence-corrected chi connectivity index (χ2v) is 4.29. The number of rotatable bonds is 2. The summed E-state index contributed by atoms with van der Waals surface area (Å²) in [6.07, 6.45) is 2.14. The molecule has 0 bridgehead atoms. The normalized spacial score (nSPS) is 29.6. The van der Waals surface area contributed by atoms with E-state index < -0.39 is 6.10 Å². The lowest BCUT2D eigenvalue weighted by Gasteiger charge is -2.30. The minimum absolute atomic E-state index is 0.402. The Morgan fingerprint density at radius 1 is 1.54 bits per heavy atom. The molecule has 1 rings (SSSR count). The molecule has 0 spiro atoms. The number of carbonyl (C=O) groups is 1. The predicted octanol–water partition coefficient (Wildman–Crippen LogP) is 1.93. The highest BCUT2D eigenvalue weighted by molar-refractivity contribution is 5.75. The van der Waals surface area contributed by atoms with E-state index in [4.69, 9.17) is 0 Å². The Morgan fingerprint density at radius 2 is 2.15 bits per heavy atom. The van der Waals surface area contributed by atoms with Crippen LogP contribution < -0.4 is 0 Å². The largest absolute Gasteiger partial charge is 0.389 e. The van der Waals surface area contributed by atoms with E-state index in [-0.39, 0.29) is 0 Å². The van der Waals surface area contributed by atoms with Gasteiger partial charge < -0.3 is 5.11 Å². The highest BCUT2D eigenvalue weighted by Crippen LogP contribution is 2.32. The van der Waals surface area contributed by atoms with Gasteiger partial charge in [-0.2, -0.15) is 0 Å². The van der Waals surface area contributed by atoms with Gasteiger partial charge in [-0.05, 0) is 42.7 Å². The summed E-state index contributed by atoms with van der Waals surface area (Å²) >= 11 is 0. The number of carbonyl (C=O) groups excluding carboxylic acids is 1. The molecule has 2 atom stereocenters. The van der Waals surface area contributed by atoms with Gasteiger partial charge in [-0.15, -0.1) is 0 Å². The van der Waals surface area contributed by atoms with E-state index in [1.807, 2.05) is 6.92 Å². The molecule has 0 aromatic rings. The standard InChI is InChI=1S/C11H18O2/c1-7(2)9-4-10(6-12)8(3)11(13)5-9/h6-7,9,11,13H,4-5H2,1-3H3/t9?,11-/m0/s1. The van der Waals surface area contributed by atoms with Crippen LogP contribution >= 0.6 is 0 Å². The fourth-order valence-corrected chi connectivity index (χ4v) is 1.85. The Kier molecular flexibility index (Phi) is 3.26. The van der Waals surface area contributed by atoms with Gasteiger partial charge in [-0.1, -0.05) is 13.8 Å². The number of aliphatic hydroxyl groups excluding tert-OH is 1. The Hall–Kier alpha value is -0.630. The van der Waals surface area contributed by atoms with Crippen molar-refractivity contribution in [3.63, 3.8) is 0 Å². The lowest BCUT2D eigenvalue weighted by Crippen LogP contribution is -2.25. The van der Waals surface area contributed by atoms with Crippen LogP contribution in [0.4, 0.5) is 0 Å². The Balaban J connectivity index is 2.82. The van der Waals surface area contributed by atoms with Gasteiger partial charge >= 0.3 is 0 Å². The molecule has 2 heteroatoms. The smallest absolute Gasteiger partial charge is 0.146 e. The average Bonchev–Trinajstić information content (AvgIpc) is 2.09. The van der Waals surface area contributed by atoms with Gasteiger partial charge in [0, 0.05) is 0 Å². The third-order valence-electron chi connectivity index (χ3n) is 3.10. The first-order valence-electron chi connectivity index (χ1n) is 4.89. The van der Waals surface area contributed by atoms with Crippen molar-refractivity contribution in [1.82, 2.24) is 0 Å². The fraction of sp³-hybridized carbons (Fsp3) is 0.727. The Labute approximate surface area is 79.6 Å². The molecule has 1 aliphatic rings. The van der Waals surface area contributed by atoms with Gasteiger partial charge in [-0.25, -0.2) is 0 Å². The number of aldehydes is 1. The van der Waals surface area contributed by atoms with Gasteiger partial charge in [0.15, 0.2) is 0 Å². The maximum atomic E-state index is 10.7. The van der Waals surface area contributed by atoms with Gasteiger partial charge in [0.1, 0.15) is 6.29 Å². The number of aliphatic hydroxyl groups is 1. The van der Waals surface area contributed by atoms with Crippen LogP contribution in [0.2, 0.25) is 0 Å². The highest BCUT2D eigenvalue weighted by atomic mass is 16.3. The van der Waals surface area contributed by atoms with Crippen LogP contribution in [-0.2, 0) is 4.79 Å². The van der Waals surface area contributed by atoms with Crippen LogP contribution in [0.1, 0.15) is 33.6 Å². The summed E-state index contributed by atoms with van der Waals surface area (Å²) in [5.74, 6) is 0.997. The van der Waals surface area contributed by atoms with Gasteiger partial charge in [0.25, 0.3) is 0 Å². The molecule has 0 radical (unpaired) electrons. The first-order valence-corrected chi connectivity index (χ1v) is 4.89. The molecule has 1 aliphatic carbocycles. The topological polar surface area (TPSA) is 37.3 Å². The van der Waals surface area contributed by atoms with E-state index in [0.717, 1.165) is 30.3 Å². The summed E-state index contributed by atoms with van der Waals surface area (Å²) in [4.78, 5) is 10.7. The van der Waals surface area contributed by atoms with E-state index in [0.29, 0.717) is 11.8 Å². The second-order valence-electron chi connectivity index (χ2n) is 4.29. The summed E-state index contributed by atoms with van der Waals surface area (Å²) in [5.41, 5.74) is 1.67. The summed E-state index contributed by atoms with van der Waals surface area (Å²) < 4.78 is 0. The first-order chi connectivity index (χ1) is 6.06. The number of hydrogen-bond acceptors (Lipinski definition) is 2. The second kappa shape index (κ2) is 4.05. The van der Waals surface area contributed by atoms with Gasteiger partial charge in [0.05, 0.1) is 6.10 Å². The summed E-state index contributed by atoms with van der Waals surface area (Å²) in [7, 11) is 0. The van der Waals surface area contributed by atoms with E-state index in [2.05, 4.69) is 13.8 Å². The molecule has 74 valence electrons. The van der Waals surface area contributed by atoms with Gasteiger partial charge in [0.2, 0.25) is 0 Å². The van der Waals surface area contributed by atoms with Crippen molar-refractivity contribution in [2.45, 2.75) is 39.7 Å². The SMILES string of the molecule is CC1=C(C=O)CC(C(C)C)C[C@@H]1O. The minimum atomic E-state index is -0.402. The molecular weight excluding hydrogens is 164 g/mol. The highest BCUT2D eigenvalue weighted by Gasteiger charge is 2.26. The van der Waals surface area contributed by atoms with Crippen molar-refractivity contribution in [2.24, 2.45) is 11.8 Å². The van der Waals surface area contributed by atoms with Crippen molar-refractivity contribution < 1.29 is 9.90 Å². The molecule has 1 unspecified atom stereocenters. The van der Waals surface area contributed by atoms with Crippen LogP contribution in [0.3, 0.4) is 0 Å². The molecular formula is C11H18O2. The van der Waals surface area contributed by atoms with Crippen molar-refractivity contribution in [3.05, 3.63) is 11.1 Å². The lowest BCUT2D eigenvalue weighted by atomic mass is 9.77.